The maximum absolute atomic E-state index is 11.7. The highest BCUT2D eigenvalue weighted by Gasteiger charge is 2.06. The van der Waals surface area contributed by atoms with Gasteiger partial charge in [-0.3, -0.25) is 0 Å². The predicted molar refractivity (Wildman–Crippen MR) is 79.9 cm³/mol. The molecule has 22 heavy (non-hydrogen) atoms. The maximum Gasteiger partial charge on any atom is 0.349 e. The SMILES string of the molecule is CCOc1ccc(OC(=O)COc2ccc(C#N)cc2)cc1. The van der Waals surface area contributed by atoms with Crippen LogP contribution in [0.5, 0.6) is 17.2 Å². The maximum atomic E-state index is 11.7. The third-order valence-corrected chi connectivity index (χ3v) is 2.71. The Kier molecular flexibility index (Phi) is 5.38. The first-order chi connectivity index (χ1) is 10.7. The zero-order chi connectivity index (χ0) is 15.8. The van der Waals surface area contributed by atoms with Crippen LogP contribution in [0.15, 0.2) is 48.5 Å². The molecule has 0 bridgehead atoms. The van der Waals surface area contributed by atoms with Gasteiger partial charge in [-0.2, -0.15) is 5.26 Å². The number of nitrogens with zero attached hydrogens (tertiary/aromatic N) is 1. The first kappa shape index (κ1) is 15.4. The number of ether oxygens (including phenoxy) is 3. The second-order valence-electron chi connectivity index (χ2n) is 4.30. The lowest BCUT2D eigenvalue weighted by molar-refractivity contribution is -0.136. The first-order valence-corrected chi connectivity index (χ1v) is 6.77. The van der Waals surface area contributed by atoms with Crippen LogP contribution in [0, 0.1) is 11.3 Å². The third kappa shape index (κ3) is 4.53. The van der Waals surface area contributed by atoms with E-state index in [1.807, 2.05) is 13.0 Å². The molecule has 0 saturated carbocycles. The van der Waals surface area contributed by atoms with Gasteiger partial charge in [0.2, 0.25) is 0 Å². The van der Waals surface area contributed by atoms with E-state index in [2.05, 4.69) is 0 Å². The molecule has 0 spiro atoms. The number of carbonyl (C=O) groups is 1. The van der Waals surface area contributed by atoms with E-state index in [1.54, 1.807) is 48.5 Å². The molecule has 0 saturated heterocycles. The Bertz CT molecular complexity index is 657. The van der Waals surface area contributed by atoms with Crippen LogP contribution >= 0.6 is 0 Å². The van der Waals surface area contributed by atoms with Crippen LogP contribution < -0.4 is 14.2 Å². The predicted octanol–water partition coefficient (Wildman–Crippen LogP) is 2.94. The fourth-order valence-corrected chi connectivity index (χ4v) is 1.70. The molecule has 0 atom stereocenters. The van der Waals surface area contributed by atoms with Crippen LogP contribution in [0.2, 0.25) is 0 Å². The van der Waals surface area contributed by atoms with E-state index in [0.29, 0.717) is 23.7 Å². The summed E-state index contributed by atoms with van der Waals surface area (Å²) in [5.74, 6) is 1.14. The molecule has 0 amide bonds. The number of carbonyl (C=O) groups excluding carboxylic acids is 1. The van der Waals surface area contributed by atoms with E-state index >= 15 is 0 Å². The second-order valence-corrected chi connectivity index (χ2v) is 4.30. The van der Waals surface area contributed by atoms with Gasteiger partial charge in [-0.05, 0) is 55.5 Å². The van der Waals surface area contributed by atoms with Crippen molar-refractivity contribution in [1.82, 2.24) is 0 Å². The van der Waals surface area contributed by atoms with Crippen molar-refractivity contribution in [1.29, 1.82) is 5.26 Å². The first-order valence-electron chi connectivity index (χ1n) is 6.77. The molecular weight excluding hydrogens is 282 g/mol. The minimum Gasteiger partial charge on any atom is -0.494 e. The Morgan fingerprint density at radius 1 is 0.955 bits per heavy atom. The quantitative estimate of drug-likeness (QED) is 0.605. The highest BCUT2D eigenvalue weighted by molar-refractivity contribution is 5.74. The van der Waals surface area contributed by atoms with Crippen LogP contribution in [0.25, 0.3) is 0 Å². The average molecular weight is 297 g/mol. The molecule has 2 rings (SSSR count). The molecule has 0 aliphatic heterocycles. The molecular formula is C17H15NO4. The molecule has 0 aliphatic rings. The average Bonchev–Trinajstić information content (AvgIpc) is 2.55. The fraction of sp³-hybridized carbons (Fsp3) is 0.176. The van der Waals surface area contributed by atoms with Gasteiger partial charge in [-0.25, -0.2) is 4.79 Å². The van der Waals surface area contributed by atoms with Crippen LogP contribution in [-0.4, -0.2) is 19.2 Å². The van der Waals surface area contributed by atoms with E-state index in [-0.39, 0.29) is 6.61 Å². The third-order valence-electron chi connectivity index (χ3n) is 2.71. The van der Waals surface area contributed by atoms with Gasteiger partial charge >= 0.3 is 5.97 Å². The van der Waals surface area contributed by atoms with Crippen LogP contribution in [-0.2, 0) is 4.79 Å². The van der Waals surface area contributed by atoms with E-state index in [9.17, 15) is 4.79 Å². The summed E-state index contributed by atoms with van der Waals surface area (Å²) in [6.07, 6.45) is 0. The lowest BCUT2D eigenvalue weighted by atomic mass is 10.2. The Labute approximate surface area is 128 Å². The summed E-state index contributed by atoms with van der Waals surface area (Å²) in [6, 6.07) is 15.3. The second kappa shape index (κ2) is 7.70. The zero-order valence-corrected chi connectivity index (χ0v) is 12.1. The lowest BCUT2D eigenvalue weighted by Crippen LogP contribution is -2.17. The summed E-state index contributed by atoms with van der Waals surface area (Å²) in [5.41, 5.74) is 0.532. The van der Waals surface area contributed by atoms with E-state index in [1.165, 1.54) is 0 Å². The van der Waals surface area contributed by atoms with Crippen molar-refractivity contribution in [3.05, 3.63) is 54.1 Å². The lowest BCUT2D eigenvalue weighted by Gasteiger charge is -2.07. The molecule has 0 unspecified atom stereocenters. The Balaban J connectivity index is 1.83. The summed E-state index contributed by atoms with van der Waals surface area (Å²) < 4.78 is 15.7. The van der Waals surface area contributed by atoms with E-state index in [4.69, 9.17) is 19.5 Å². The van der Waals surface area contributed by atoms with E-state index in [0.717, 1.165) is 5.75 Å². The topological polar surface area (TPSA) is 68.6 Å². The molecule has 112 valence electrons. The monoisotopic (exact) mass is 297 g/mol. The van der Waals surface area contributed by atoms with Crippen molar-refractivity contribution in [2.24, 2.45) is 0 Å². The summed E-state index contributed by atoms with van der Waals surface area (Å²) >= 11 is 0. The van der Waals surface area contributed by atoms with Gasteiger partial charge in [0.1, 0.15) is 17.2 Å². The number of rotatable bonds is 6. The minimum atomic E-state index is -0.506. The summed E-state index contributed by atoms with van der Waals surface area (Å²) in [7, 11) is 0. The summed E-state index contributed by atoms with van der Waals surface area (Å²) in [4.78, 5) is 11.7. The molecule has 5 heteroatoms. The number of benzene rings is 2. The van der Waals surface area contributed by atoms with Crippen LogP contribution in [0.3, 0.4) is 0 Å². The molecule has 0 aliphatic carbocycles. The van der Waals surface area contributed by atoms with Crippen molar-refractivity contribution in [2.45, 2.75) is 6.92 Å². The van der Waals surface area contributed by atoms with Crippen molar-refractivity contribution >= 4 is 5.97 Å². The number of esters is 1. The summed E-state index contributed by atoms with van der Waals surface area (Å²) in [5, 5.41) is 8.69. The largest absolute Gasteiger partial charge is 0.494 e. The van der Waals surface area contributed by atoms with Crippen LogP contribution in [0.1, 0.15) is 12.5 Å². The molecule has 0 fully saturated rings. The number of hydrogen-bond acceptors (Lipinski definition) is 5. The van der Waals surface area contributed by atoms with Gasteiger partial charge < -0.3 is 14.2 Å². The Morgan fingerprint density at radius 3 is 2.09 bits per heavy atom. The van der Waals surface area contributed by atoms with Crippen molar-refractivity contribution < 1.29 is 19.0 Å². The van der Waals surface area contributed by atoms with Gasteiger partial charge in [0.05, 0.1) is 18.2 Å². The summed E-state index contributed by atoms with van der Waals surface area (Å²) in [6.45, 7) is 2.27. The highest BCUT2D eigenvalue weighted by Crippen LogP contribution is 2.18. The molecule has 0 N–H and O–H groups in total. The number of hydrogen-bond donors (Lipinski definition) is 0. The van der Waals surface area contributed by atoms with Gasteiger partial charge in [0, 0.05) is 0 Å². The van der Waals surface area contributed by atoms with Crippen molar-refractivity contribution in [3.8, 4) is 23.3 Å². The van der Waals surface area contributed by atoms with Crippen LogP contribution in [0.4, 0.5) is 0 Å². The molecule has 0 heterocycles. The number of nitriles is 1. The minimum absolute atomic E-state index is 0.209. The smallest absolute Gasteiger partial charge is 0.349 e. The van der Waals surface area contributed by atoms with Crippen molar-refractivity contribution in [2.75, 3.05) is 13.2 Å². The molecule has 0 radical (unpaired) electrons. The normalized spacial score (nSPS) is 9.64. The van der Waals surface area contributed by atoms with Gasteiger partial charge in [0.15, 0.2) is 6.61 Å². The van der Waals surface area contributed by atoms with Gasteiger partial charge in [-0.15, -0.1) is 0 Å². The fourth-order valence-electron chi connectivity index (χ4n) is 1.70. The standard InChI is InChI=1S/C17H15NO4/c1-2-20-14-7-9-16(10-8-14)22-17(19)12-21-15-5-3-13(11-18)4-6-15/h3-10H,2,12H2,1H3. The molecule has 0 aromatic heterocycles. The van der Waals surface area contributed by atoms with Gasteiger partial charge in [-0.1, -0.05) is 0 Å². The highest BCUT2D eigenvalue weighted by atomic mass is 16.6. The molecule has 2 aromatic carbocycles. The van der Waals surface area contributed by atoms with Gasteiger partial charge in [0.25, 0.3) is 0 Å². The Morgan fingerprint density at radius 2 is 1.50 bits per heavy atom. The Hall–Kier alpha value is -3.00. The van der Waals surface area contributed by atoms with Crippen molar-refractivity contribution in [3.63, 3.8) is 0 Å². The molecule has 2 aromatic rings. The van der Waals surface area contributed by atoms with E-state index < -0.39 is 5.97 Å². The zero-order valence-electron chi connectivity index (χ0n) is 12.1. The molecule has 5 nitrogen and oxygen atoms in total.